The number of hydrogen-bond acceptors (Lipinski definition) is 3. The summed E-state index contributed by atoms with van der Waals surface area (Å²) in [6.07, 6.45) is 4.90. The van der Waals surface area contributed by atoms with Crippen LogP contribution in [0, 0.1) is 11.8 Å². The van der Waals surface area contributed by atoms with Crippen LogP contribution in [0.25, 0.3) is 0 Å². The Hall–Kier alpha value is -1.10. The van der Waals surface area contributed by atoms with Gasteiger partial charge in [-0.1, -0.05) is 0 Å². The fraction of sp³-hybridized carbons (Fsp3) is 0.846. The highest BCUT2D eigenvalue weighted by molar-refractivity contribution is 5.80. The van der Waals surface area contributed by atoms with Crippen LogP contribution in [0.3, 0.4) is 0 Å². The quantitative estimate of drug-likeness (QED) is 0.773. The van der Waals surface area contributed by atoms with Crippen molar-refractivity contribution >= 4 is 11.9 Å². The van der Waals surface area contributed by atoms with Crippen molar-refractivity contribution in [2.24, 2.45) is 11.8 Å². The van der Waals surface area contributed by atoms with Gasteiger partial charge in [0.05, 0.1) is 11.5 Å². The number of ether oxygens (including phenoxy) is 1. The van der Waals surface area contributed by atoms with Gasteiger partial charge in [-0.2, -0.15) is 0 Å². The van der Waals surface area contributed by atoms with Crippen LogP contribution >= 0.6 is 0 Å². The molecule has 2 fully saturated rings. The molecule has 5 nitrogen and oxygen atoms in total. The molecule has 2 atom stereocenters. The Kier molecular flexibility index (Phi) is 3.90. The molecule has 0 heterocycles. The van der Waals surface area contributed by atoms with E-state index in [1.54, 1.807) is 7.11 Å². The van der Waals surface area contributed by atoms with Crippen LogP contribution in [0.4, 0.5) is 0 Å². The minimum Gasteiger partial charge on any atom is -0.481 e. The van der Waals surface area contributed by atoms with Crippen molar-refractivity contribution in [2.75, 3.05) is 13.7 Å². The summed E-state index contributed by atoms with van der Waals surface area (Å²) < 4.78 is 5.44. The Bertz CT molecular complexity index is 332. The van der Waals surface area contributed by atoms with Gasteiger partial charge in [-0.25, -0.2) is 0 Å². The van der Waals surface area contributed by atoms with E-state index in [0.717, 1.165) is 19.3 Å². The van der Waals surface area contributed by atoms with E-state index in [2.05, 4.69) is 5.32 Å². The van der Waals surface area contributed by atoms with Crippen molar-refractivity contribution in [3.05, 3.63) is 0 Å². The fourth-order valence-corrected chi connectivity index (χ4v) is 2.86. The van der Waals surface area contributed by atoms with Gasteiger partial charge in [0.25, 0.3) is 0 Å². The van der Waals surface area contributed by atoms with E-state index >= 15 is 0 Å². The predicted octanol–water partition coefficient (Wildman–Crippen LogP) is 1.17. The second-order valence-electron chi connectivity index (χ2n) is 5.50. The minimum atomic E-state index is -0.780. The molecule has 0 bridgehead atoms. The molecule has 0 aromatic rings. The Morgan fingerprint density at radius 3 is 2.44 bits per heavy atom. The number of amides is 1. The van der Waals surface area contributed by atoms with Gasteiger partial charge < -0.3 is 15.2 Å². The molecule has 0 aromatic heterocycles. The molecule has 0 saturated heterocycles. The van der Waals surface area contributed by atoms with Crippen molar-refractivity contribution in [1.29, 1.82) is 0 Å². The lowest BCUT2D eigenvalue weighted by Gasteiger charge is -2.40. The van der Waals surface area contributed by atoms with Crippen molar-refractivity contribution in [3.63, 3.8) is 0 Å². The molecule has 2 saturated carbocycles. The van der Waals surface area contributed by atoms with E-state index in [9.17, 15) is 9.59 Å². The maximum Gasteiger partial charge on any atom is 0.306 e. The van der Waals surface area contributed by atoms with E-state index < -0.39 is 5.97 Å². The summed E-state index contributed by atoms with van der Waals surface area (Å²) in [6, 6.07) is 0. The topological polar surface area (TPSA) is 75.6 Å². The van der Waals surface area contributed by atoms with Crippen molar-refractivity contribution in [2.45, 2.75) is 44.1 Å². The average Bonchev–Trinajstić information content (AvgIpc) is 2.77. The molecular weight excluding hydrogens is 234 g/mol. The minimum absolute atomic E-state index is 0.0120. The van der Waals surface area contributed by atoms with E-state index in [1.165, 1.54) is 0 Å². The number of methoxy groups -OCH3 is 1. The van der Waals surface area contributed by atoms with E-state index in [1.807, 2.05) is 0 Å². The Balaban J connectivity index is 1.77. The van der Waals surface area contributed by atoms with Gasteiger partial charge in [0.2, 0.25) is 5.91 Å². The third-order valence-corrected chi connectivity index (χ3v) is 4.44. The van der Waals surface area contributed by atoms with Gasteiger partial charge in [-0.3, -0.25) is 9.59 Å². The van der Waals surface area contributed by atoms with Crippen LogP contribution in [0.2, 0.25) is 0 Å². The molecule has 0 aliphatic heterocycles. The number of hydrogen-bond donors (Lipinski definition) is 2. The molecule has 102 valence electrons. The molecule has 2 N–H and O–H groups in total. The maximum atomic E-state index is 12.0. The summed E-state index contributed by atoms with van der Waals surface area (Å²) in [5, 5.41) is 11.8. The van der Waals surface area contributed by atoms with Gasteiger partial charge in [0, 0.05) is 19.6 Å². The lowest BCUT2D eigenvalue weighted by Crippen LogP contribution is -2.50. The molecule has 2 aliphatic rings. The summed E-state index contributed by atoms with van der Waals surface area (Å²) >= 11 is 0. The molecular formula is C13H21NO4. The van der Waals surface area contributed by atoms with E-state index in [0.29, 0.717) is 25.8 Å². The summed E-state index contributed by atoms with van der Waals surface area (Å²) in [4.78, 5) is 22.8. The Morgan fingerprint density at radius 1 is 1.33 bits per heavy atom. The van der Waals surface area contributed by atoms with Crippen molar-refractivity contribution < 1.29 is 19.4 Å². The zero-order valence-electron chi connectivity index (χ0n) is 10.8. The smallest absolute Gasteiger partial charge is 0.306 e. The van der Waals surface area contributed by atoms with Gasteiger partial charge in [-0.15, -0.1) is 0 Å². The normalized spacial score (nSPS) is 29.6. The van der Waals surface area contributed by atoms with E-state index in [4.69, 9.17) is 9.84 Å². The highest BCUT2D eigenvalue weighted by Gasteiger charge is 2.39. The number of carboxylic acid groups (broad SMARTS) is 1. The monoisotopic (exact) mass is 255 g/mol. The number of nitrogens with one attached hydrogen (secondary N) is 1. The predicted molar refractivity (Wildman–Crippen MR) is 65.1 cm³/mol. The van der Waals surface area contributed by atoms with Crippen LogP contribution < -0.4 is 5.32 Å². The van der Waals surface area contributed by atoms with Crippen LogP contribution in [-0.4, -0.2) is 36.2 Å². The molecule has 2 aliphatic carbocycles. The van der Waals surface area contributed by atoms with Gasteiger partial charge in [-0.05, 0) is 38.5 Å². The molecule has 2 unspecified atom stereocenters. The highest BCUT2D eigenvalue weighted by atomic mass is 16.5. The van der Waals surface area contributed by atoms with E-state index in [-0.39, 0.29) is 23.3 Å². The standard InChI is InChI=1S/C13H21NO4/c1-18-13(5-2-6-13)8-14-11(15)9-3-4-10(7-9)12(16)17/h9-10H,2-8H2,1H3,(H,14,15)(H,16,17). The zero-order valence-corrected chi connectivity index (χ0v) is 10.8. The largest absolute Gasteiger partial charge is 0.481 e. The lowest BCUT2D eigenvalue weighted by molar-refractivity contribution is -0.141. The zero-order chi connectivity index (χ0) is 13.2. The number of carbonyl (C=O) groups excluding carboxylic acids is 1. The number of carboxylic acids is 1. The summed E-state index contributed by atoms with van der Waals surface area (Å²) in [5.41, 5.74) is -0.166. The first-order chi connectivity index (χ1) is 8.56. The third kappa shape index (κ3) is 2.66. The maximum absolute atomic E-state index is 12.0. The molecule has 1 amide bonds. The average molecular weight is 255 g/mol. The van der Waals surface area contributed by atoms with Crippen LogP contribution in [0.15, 0.2) is 0 Å². The number of aliphatic carboxylic acids is 1. The molecule has 0 spiro atoms. The molecule has 2 rings (SSSR count). The van der Waals surface area contributed by atoms with Crippen LogP contribution in [0.1, 0.15) is 38.5 Å². The summed E-state index contributed by atoms with van der Waals surface area (Å²) in [6.45, 7) is 0.552. The number of rotatable bonds is 5. The second kappa shape index (κ2) is 5.26. The van der Waals surface area contributed by atoms with Gasteiger partial charge in [0.15, 0.2) is 0 Å². The SMILES string of the molecule is COC1(CNC(=O)C2CCC(C(=O)O)C2)CCC1. The van der Waals surface area contributed by atoms with Crippen LogP contribution in [-0.2, 0) is 14.3 Å². The van der Waals surface area contributed by atoms with Crippen LogP contribution in [0.5, 0.6) is 0 Å². The summed E-state index contributed by atoms with van der Waals surface area (Å²) in [7, 11) is 1.68. The molecule has 18 heavy (non-hydrogen) atoms. The highest BCUT2D eigenvalue weighted by Crippen LogP contribution is 2.35. The lowest BCUT2D eigenvalue weighted by atomic mass is 9.80. The number of carbonyl (C=O) groups is 2. The Morgan fingerprint density at radius 2 is 2.00 bits per heavy atom. The fourth-order valence-electron chi connectivity index (χ4n) is 2.86. The summed E-state index contributed by atoms with van der Waals surface area (Å²) in [5.74, 6) is -1.28. The molecule has 5 heteroatoms. The second-order valence-corrected chi connectivity index (χ2v) is 5.50. The van der Waals surface area contributed by atoms with Crippen molar-refractivity contribution in [3.8, 4) is 0 Å². The first kappa shape index (κ1) is 13.3. The van der Waals surface area contributed by atoms with Crippen molar-refractivity contribution in [1.82, 2.24) is 5.32 Å². The first-order valence-electron chi connectivity index (χ1n) is 6.62. The molecule has 0 aromatic carbocycles. The third-order valence-electron chi connectivity index (χ3n) is 4.44. The van der Waals surface area contributed by atoms with Gasteiger partial charge >= 0.3 is 5.97 Å². The van der Waals surface area contributed by atoms with Gasteiger partial charge in [0.1, 0.15) is 0 Å². The first-order valence-corrected chi connectivity index (χ1v) is 6.62. The molecule has 0 radical (unpaired) electrons. The Labute approximate surface area is 107 Å².